The first-order valence-corrected chi connectivity index (χ1v) is 9.62. The van der Waals surface area contributed by atoms with Crippen LogP contribution in [-0.2, 0) is 6.54 Å². The zero-order chi connectivity index (χ0) is 20.4. The highest BCUT2D eigenvalue weighted by Crippen LogP contribution is 2.21. The quantitative estimate of drug-likeness (QED) is 0.547. The normalized spacial score (nSPS) is 12.2. The van der Waals surface area contributed by atoms with Gasteiger partial charge in [0.25, 0.3) is 5.56 Å². The molecule has 0 aliphatic rings. The number of aryl methyl sites for hydroxylation is 1. The number of nitrogens with zero attached hydrogens (tertiary/aromatic N) is 3. The first kappa shape index (κ1) is 19.0. The number of aliphatic hydroxyl groups is 1. The van der Waals surface area contributed by atoms with Crippen molar-refractivity contribution in [3.05, 3.63) is 88.5 Å². The summed E-state index contributed by atoms with van der Waals surface area (Å²) >= 11 is 0. The van der Waals surface area contributed by atoms with Crippen molar-refractivity contribution < 1.29 is 9.84 Å². The van der Waals surface area contributed by atoms with Gasteiger partial charge < -0.3 is 14.4 Å². The summed E-state index contributed by atoms with van der Waals surface area (Å²) < 4.78 is 8.52. The fourth-order valence-electron chi connectivity index (χ4n) is 3.28. The van der Waals surface area contributed by atoms with Crippen LogP contribution in [0.15, 0.2) is 71.8 Å². The number of fused-ring (bicyclic) bond motifs is 1. The van der Waals surface area contributed by atoms with Crippen molar-refractivity contribution in [2.75, 3.05) is 6.61 Å². The van der Waals surface area contributed by atoms with Crippen molar-refractivity contribution >= 4 is 5.52 Å². The van der Waals surface area contributed by atoms with Gasteiger partial charge in [0, 0.05) is 18.0 Å². The van der Waals surface area contributed by atoms with E-state index in [1.165, 1.54) is 10.1 Å². The molecule has 29 heavy (non-hydrogen) atoms. The molecule has 6 heteroatoms. The Balaban J connectivity index is 1.60. The molecule has 0 aliphatic carbocycles. The first-order chi connectivity index (χ1) is 14.0. The molecule has 2 heterocycles. The van der Waals surface area contributed by atoms with Crippen molar-refractivity contribution in [3.63, 3.8) is 0 Å². The Kier molecular flexibility index (Phi) is 5.18. The number of hydrogen-bond donors (Lipinski definition) is 1. The van der Waals surface area contributed by atoms with E-state index < -0.39 is 6.10 Å². The van der Waals surface area contributed by atoms with Gasteiger partial charge in [-0.2, -0.15) is 5.10 Å². The number of rotatable bonds is 6. The molecule has 1 atom stereocenters. The van der Waals surface area contributed by atoms with Crippen molar-refractivity contribution in [1.29, 1.82) is 0 Å². The minimum Gasteiger partial charge on any atom is -0.494 e. The summed E-state index contributed by atoms with van der Waals surface area (Å²) in [6, 6.07) is 17.1. The van der Waals surface area contributed by atoms with E-state index in [0.29, 0.717) is 12.1 Å². The maximum atomic E-state index is 12.9. The van der Waals surface area contributed by atoms with E-state index in [1.54, 1.807) is 23.0 Å². The first-order valence-electron chi connectivity index (χ1n) is 9.62. The second kappa shape index (κ2) is 7.93. The van der Waals surface area contributed by atoms with E-state index >= 15 is 0 Å². The molecule has 148 valence electrons. The van der Waals surface area contributed by atoms with Crippen LogP contribution in [-0.4, -0.2) is 25.9 Å². The summed E-state index contributed by atoms with van der Waals surface area (Å²) in [4.78, 5) is 12.9. The molecule has 0 amide bonds. The molecule has 0 fully saturated rings. The van der Waals surface area contributed by atoms with Crippen LogP contribution >= 0.6 is 0 Å². The maximum absolute atomic E-state index is 12.9. The molecule has 4 rings (SSSR count). The number of hydrogen-bond acceptors (Lipinski definition) is 4. The van der Waals surface area contributed by atoms with Crippen LogP contribution in [0, 0.1) is 6.92 Å². The Hall–Kier alpha value is -3.38. The fourth-order valence-corrected chi connectivity index (χ4v) is 3.28. The van der Waals surface area contributed by atoms with Crippen LogP contribution in [0.2, 0.25) is 0 Å². The van der Waals surface area contributed by atoms with E-state index in [9.17, 15) is 9.90 Å². The van der Waals surface area contributed by atoms with Crippen molar-refractivity contribution in [3.8, 4) is 17.0 Å². The van der Waals surface area contributed by atoms with Gasteiger partial charge in [-0.05, 0) is 37.6 Å². The molecular formula is C23H23N3O3. The average molecular weight is 389 g/mol. The Morgan fingerprint density at radius 1 is 1.07 bits per heavy atom. The van der Waals surface area contributed by atoms with Crippen LogP contribution in [0.4, 0.5) is 0 Å². The molecule has 0 aliphatic heterocycles. The Morgan fingerprint density at radius 3 is 2.48 bits per heavy atom. The van der Waals surface area contributed by atoms with E-state index in [1.807, 2.05) is 62.4 Å². The van der Waals surface area contributed by atoms with Gasteiger partial charge in [-0.15, -0.1) is 0 Å². The summed E-state index contributed by atoms with van der Waals surface area (Å²) in [5.41, 5.74) is 3.88. The molecule has 4 aromatic rings. The molecule has 6 nitrogen and oxygen atoms in total. The lowest BCUT2D eigenvalue weighted by Crippen LogP contribution is -2.24. The molecule has 1 N–H and O–H groups in total. The van der Waals surface area contributed by atoms with Gasteiger partial charge in [-0.3, -0.25) is 4.79 Å². The zero-order valence-electron chi connectivity index (χ0n) is 16.4. The maximum Gasteiger partial charge on any atom is 0.276 e. The predicted octanol–water partition coefficient (Wildman–Crippen LogP) is 3.60. The van der Waals surface area contributed by atoms with Crippen LogP contribution in [0.1, 0.15) is 24.2 Å². The lowest BCUT2D eigenvalue weighted by atomic mass is 10.1. The molecule has 0 saturated carbocycles. The van der Waals surface area contributed by atoms with E-state index in [4.69, 9.17) is 4.74 Å². The Morgan fingerprint density at radius 2 is 1.79 bits per heavy atom. The van der Waals surface area contributed by atoms with Gasteiger partial charge in [0.2, 0.25) is 0 Å². The summed E-state index contributed by atoms with van der Waals surface area (Å²) in [5.74, 6) is 0.755. The van der Waals surface area contributed by atoms with E-state index in [-0.39, 0.29) is 12.1 Å². The van der Waals surface area contributed by atoms with E-state index in [0.717, 1.165) is 22.6 Å². The minimum atomic E-state index is -0.801. The van der Waals surface area contributed by atoms with Crippen LogP contribution in [0.5, 0.6) is 5.75 Å². The van der Waals surface area contributed by atoms with Crippen molar-refractivity contribution in [2.45, 2.75) is 26.5 Å². The molecule has 0 spiro atoms. The SMILES string of the molecule is CCOc1ccc([C@@H](O)Cn2ccn3nc(-c4ccc(C)cc4)cc3c2=O)cc1. The summed E-state index contributed by atoms with van der Waals surface area (Å²) in [6.45, 7) is 4.70. The summed E-state index contributed by atoms with van der Waals surface area (Å²) in [5, 5.41) is 15.1. The molecular weight excluding hydrogens is 366 g/mol. The average Bonchev–Trinajstić information content (AvgIpc) is 3.16. The van der Waals surface area contributed by atoms with Gasteiger partial charge in [0.05, 0.1) is 24.9 Å². The fraction of sp³-hybridized carbons (Fsp3) is 0.217. The molecule has 0 unspecified atom stereocenters. The number of aromatic nitrogens is 3. The number of benzene rings is 2. The topological polar surface area (TPSA) is 68.8 Å². The van der Waals surface area contributed by atoms with Crippen LogP contribution in [0.25, 0.3) is 16.8 Å². The van der Waals surface area contributed by atoms with Gasteiger partial charge in [0.15, 0.2) is 0 Å². The van der Waals surface area contributed by atoms with Crippen molar-refractivity contribution in [1.82, 2.24) is 14.2 Å². The highest BCUT2D eigenvalue weighted by molar-refractivity contribution is 5.65. The summed E-state index contributed by atoms with van der Waals surface area (Å²) in [7, 11) is 0. The molecule has 0 radical (unpaired) electrons. The highest BCUT2D eigenvalue weighted by atomic mass is 16.5. The van der Waals surface area contributed by atoms with Crippen LogP contribution in [0.3, 0.4) is 0 Å². The number of ether oxygens (including phenoxy) is 1. The largest absolute Gasteiger partial charge is 0.494 e. The molecule has 2 aromatic carbocycles. The highest BCUT2D eigenvalue weighted by Gasteiger charge is 2.13. The minimum absolute atomic E-state index is 0.161. The smallest absolute Gasteiger partial charge is 0.276 e. The van der Waals surface area contributed by atoms with Gasteiger partial charge in [-0.1, -0.05) is 42.0 Å². The van der Waals surface area contributed by atoms with Crippen LogP contribution < -0.4 is 10.3 Å². The third-order valence-electron chi connectivity index (χ3n) is 4.90. The van der Waals surface area contributed by atoms with Gasteiger partial charge in [0.1, 0.15) is 11.3 Å². The monoisotopic (exact) mass is 389 g/mol. The van der Waals surface area contributed by atoms with E-state index in [2.05, 4.69) is 5.10 Å². The number of aliphatic hydroxyl groups excluding tert-OH is 1. The third-order valence-corrected chi connectivity index (χ3v) is 4.90. The Bertz CT molecular complexity index is 1170. The Labute approximate surface area is 168 Å². The van der Waals surface area contributed by atoms with Crippen molar-refractivity contribution in [2.24, 2.45) is 0 Å². The standard InChI is InChI=1S/C23H23N3O3/c1-3-29-19-10-8-18(9-11-19)22(27)15-25-12-13-26-21(23(25)28)14-20(24-26)17-6-4-16(2)5-7-17/h4-14,22,27H,3,15H2,1-2H3/t22-/m0/s1. The zero-order valence-corrected chi connectivity index (χ0v) is 16.4. The second-order valence-electron chi connectivity index (χ2n) is 7.00. The molecule has 2 aromatic heterocycles. The lowest BCUT2D eigenvalue weighted by molar-refractivity contribution is 0.155. The van der Waals surface area contributed by atoms with Gasteiger partial charge in [-0.25, -0.2) is 4.52 Å². The second-order valence-corrected chi connectivity index (χ2v) is 7.00. The van der Waals surface area contributed by atoms with Gasteiger partial charge >= 0.3 is 0 Å². The summed E-state index contributed by atoms with van der Waals surface area (Å²) in [6.07, 6.45) is 2.59. The predicted molar refractivity (Wildman–Crippen MR) is 112 cm³/mol. The third kappa shape index (κ3) is 3.93. The lowest BCUT2D eigenvalue weighted by Gasteiger charge is -2.14. The molecule has 0 saturated heterocycles. The molecule has 0 bridgehead atoms.